The van der Waals surface area contributed by atoms with Crippen molar-refractivity contribution < 1.29 is 9.66 Å². The zero-order chi connectivity index (χ0) is 18.0. The number of nitrogen functional groups attached to an aromatic ring is 2. The molecule has 4 rings (SSSR count). The first-order valence-electron chi connectivity index (χ1n) is 6.97. The fourth-order valence-electron chi connectivity index (χ4n) is 2.09. The molecule has 0 aliphatic rings. The Kier molecular flexibility index (Phi) is 4.63. The van der Waals surface area contributed by atoms with E-state index in [4.69, 9.17) is 16.2 Å². The summed E-state index contributed by atoms with van der Waals surface area (Å²) < 4.78 is 6.87. The summed E-state index contributed by atoms with van der Waals surface area (Å²) in [4.78, 5) is 18.1. The third kappa shape index (κ3) is 3.75. The number of hydrogen-bond donors (Lipinski definition) is 2. The lowest BCUT2D eigenvalue weighted by molar-refractivity contribution is -0.384. The predicted molar refractivity (Wildman–Crippen MR) is 101 cm³/mol. The van der Waals surface area contributed by atoms with E-state index in [2.05, 4.69) is 9.97 Å². The molecule has 0 saturated carbocycles. The molecule has 8 nitrogen and oxygen atoms in total. The molecule has 25 heavy (non-hydrogen) atoms. The number of anilines is 2. The SMILES string of the molecule is COc1ccc2nc(N)sc2c1.Nc1nc2ccc([N+](=O)[O-])cc2s1. The highest BCUT2D eigenvalue weighted by atomic mass is 32.1. The van der Waals surface area contributed by atoms with Gasteiger partial charge in [0.2, 0.25) is 0 Å². The molecule has 0 spiro atoms. The molecule has 128 valence electrons. The predicted octanol–water partition coefficient (Wildman–Crippen LogP) is 3.67. The van der Waals surface area contributed by atoms with E-state index in [1.165, 1.54) is 34.8 Å². The number of thiazole rings is 2. The van der Waals surface area contributed by atoms with Gasteiger partial charge < -0.3 is 16.2 Å². The summed E-state index contributed by atoms with van der Waals surface area (Å²) in [5.41, 5.74) is 12.7. The van der Waals surface area contributed by atoms with E-state index in [-0.39, 0.29) is 5.69 Å². The number of nitrogens with two attached hydrogens (primary N) is 2. The van der Waals surface area contributed by atoms with Crippen LogP contribution in [0.3, 0.4) is 0 Å². The summed E-state index contributed by atoms with van der Waals surface area (Å²) in [6.07, 6.45) is 0. The Labute approximate surface area is 149 Å². The maximum Gasteiger partial charge on any atom is 0.270 e. The number of ether oxygens (including phenoxy) is 1. The third-order valence-corrected chi connectivity index (χ3v) is 4.91. The largest absolute Gasteiger partial charge is 0.497 e. The van der Waals surface area contributed by atoms with Crippen LogP contribution in [0.25, 0.3) is 20.4 Å². The van der Waals surface area contributed by atoms with Crippen LogP contribution in [0.5, 0.6) is 5.75 Å². The third-order valence-electron chi connectivity index (χ3n) is 3.21. The van der Waals surface area contributed by atoms with Gasteiger partial charge in [0.05, 0.1) is 32.5 Å². The second-order valence-corrected chi connectivity index (χ2v) is 6.97. The molecular weight excluding hydrogens is 362 g/mol. The second kappa shape index (κ2) is 6.87. The van der Waals surface area contributed by atoms with E-state index < -0.39 is 4.92 Å². The fraction of sp³-hybridized carbons (Fsp3) is 0.0667. The van der Waals surface area contributed by atoms with Gasteiger partial charge in [-0.1, -0.05) is 22.7 Å². The van der Waals surface area contributed by atoms with E-state index in [9.17, 15) is 10.1 Å². The maximum absolute atomic E-state index is 10.4. The van der Waals surface area contributed by atoms with Crippen LogP contribution in [0.4, 0.5) is 16.0 Å². The first kappa shape index (κ1) is 16.9. The minimum atomic E-state index is -0.435. The number of aromatic nitrogens is 2. The monoisotopic (exact) mass is 375 g/mol. The van der Waals surface area contributed by atoms with Gasteiger partial charge in [0.1, 0.15) is 5.75 Å². The molecule has 2 heterocycles. The lowest BCUT2D eigenvalue weighted by Gasteiger charge is -1.96. The van der Waals surface area contributed by atoms with Crippen LogP contribution in [0.2, 0.25) is 0 Å². The molecule has 0 saturated heterocycles. The Morgan fingerprint density at radius 2 is 1.56 bits per heavy atom. The molecule has 0 bridgehead atoms. The normalized spacial score (nSPS) is 10.4. The van der Waals surface area contributed by atoms with E-state index in [0.717, 1.165) is 20.7 Å². The number of nitrogens with zero attached hydrogens (tertiary/aromatic N) is 3. The molecule has 0 radical (unpaired) electrons. The average molecular weight is 375 g/mol. The number of non-ortho nitro benzene ring substituents is 1. The molecule has 0 amide bonds. The minimum absolute atomic E-state index is 0.0659. The Balaban J connectivity index is 0.000000146. The van der Waals surface area contributed by atoms with Crippen LogP contribution in [0.15, 0.2) is 36.4 Å². The smallest absolute Gasteiger partial charge is 0.270 e. The van der Waals surface area contributed by atoms with Crippen molar-refractivity contribution in [1.82, 2.24) is 9.97 Å². The van der Waals surface area contributed by atoms with Gasteiger partial charge in [0.15, 0.2) is 10.3 Å². The van der Waals surface area contributed by atoms with Gasteiger partial charge in [0, 0.05) is 12.1 Å². The minimum Gasteiger partial charge on any atom is -0.497 e. The standard InChI is InChI=1S/C8H8N2OS.C7H5N3O2S/c1-11-5-2-3-6-7(4-5)12-8(9)10-6;8-7-9-5-2-1-4(10(11)12)3-6(5)13-7/h2-4H,1H3,(H2,9,10);1-3H,(H2,8,9). The van der Waals surface area contributed by atoms with E-state index in [0.29, 0.717) is 15.8 Å². The second-order valence-electron chi connectivity index (χ2n) is 4.85. The van der Waals surface area contributed by atoms with Gasteiger partial charge in [-0.15, -0.1) is 0 Å². The van der Waals surface area contributed by atoms with Crippen LogP contribution in [0.1, 0.15) is 0 Å². The Morgan fingerprint density at radius 1 is 1.00 bits per heavy atom. The number of hydrogen-bond acceptors (Lipinski definition) is 9. The molecule has 2 aromatic carbocycles. The van der Waals surface area contributed by atoms with Crippen LogP contribution >= 0.6 is 22.7 Å². The molecule has 4 N–H and O–H groups in total. The topological polar surface area (TPSA) is 130 Å². The molecule has 0 atom stereocenters. The number of methoxy groups -OCH3 is 1. The van der Waals surface area contributed by atoms with Gasteiger partial charge >= 0.3 is 0 Å². The van der Waals surface area contributed by atoms with E-state index in [1.807, 2.05) is 18.2 Å². The Hall–Kier alpha value is -2.98. The summed E-state index contributed by atoms with van der Waals surface area (Å²) in [6.45, 7) is 0. The van der Waals surface area contributed by atoms with Crippen molar-refractivity contribution in [2.24, 2.45) is 0 Å². The molecule has 10 heteroatoms. The molecule has 0 aliphatic carbocycles. The van der Waals surface area contributed by atoms with Crippen molar-refractivity contribution in [3.8, 4) is 5.75 Å². The molecule has 0 fully saturated rings. The fourth-order valence-corrected chi connectivity index (χ4v) is 3.62. The van der Waals surface area contributed by atoms with Crippen LogP contribution in [-0.2, 0) is 0 Å². The van der Waals surface area contributed by atoms with Crippen LogP contribution < -0.4 is 16.2 Å². The number of rotatable bonds is 2. The molecule has 0 unspecified atom stereocenters. The zero-order valence-electron chi connectivity index (χ0n) is 13.0. The van der Waals surface area contributed by atoms with Crippen LogP contribution in [0, 0.1) is 10.1 Å². The number of nitro benzene ring substituents is 1. The molecular formula is C15H13N5O3S2. The van der Waals surface area contributed by atoms with Gasteiger partial charge in [-0.3, -0.25) is 10.1 Å². The lowest BCUT2D eigenvalue weighted by atomic mass is 10.3. The Bertz CT molecular complexity index is 1060. The zero-order valence-corrected chi connectivity index (χ0v) is 14.6. The Morgan fingerprint density at radius 3 is 2.12 bits per heavy atom. The van der Waals surface area contributed by atoms with E-state index >= 15 is 0 Å². The average Bonchev–Trinajstić information content (AvgIpc) is 3.13. The number of nitro groups is 1. The van der Waals surface area contributed by atoms with Crippen molar-refractivity contribution in [3.63, 3.8) is 0 Å². The summed E-state index contributed by atoms with van der Waals surface area (Å²) >= 11 is 2.71. The summed E-state index contributed by atoms with van der Waals surface area (Å²) in [7, 11) is 1.64. The van der Waals surface area contributed by atoms with Crippen molar-refractivity contribution in [2.75, 3.05) is 18.6 Å². The van der Waals surface area contributed by atoms with Gasteiger partial charge in [-0.25, -0.2) is 9.97 Å². The highest BCUT2D eigenvalue weighted by molar-refractivity contribution is 7.22. The molecule has 2 aromatic heterocycles. The first-order chi connectivity index (χ1) is 12.0. The number of fused-ring (bicyclic) bond motifs is 2. The summed E-state index contributed by atoms with van der Waals surface area (Å²) in [5, 5.41) is 11.4. The van der Waals surface area contributed by atoms with Gasteiger partial charge in [-0.05, 0) is 24.3 Å². The lowest BCUT2D eigenvalue weighted by Crippen LogP contribution is -1.85. The molecule has 4 aromatic rings. The van der Waals surface area contributed by atoms with Crippen molar-refractivity contribution >= 4 is 59.1 Å². The van der Waals surface area contributed by atoms with Gasteiger partial charge in [-0.2, -0.15) is 0 Å². The number of benzene rings is 2. The summed E-state index contributed by atoms with van der Waals surface area (Å²) in [6, 6.07) is 10.2. The van der Waals surface area contributed by atoms with Crippen molar-refractivity contribution in [3.05, 3.63) is 46.5 Å². The highest BCUT2D eigenvalue weighted by Gasteiger charge is 2.08. The van der Waals surface area contributed by atoms with Crippen molar-refractivity contribution in [2.45, 2.75) is 0 Å². The van der Waals surface area contributed by atoms with Crippen LogP contribution in [-0.4, -0.2) is 22.0 Å². The molecule has 0 aliphatic heterocycles. The quantitative estimate of drug-likeness (QED) is 0.404. The highest BCUT2D eigenvalue weighted by Crippen LogP contribution is 2.28. The summed E-state index contributed by atoms with van der Waals surface area (Å²) in [5.74, 6) is 0.839. The maximum atomic E-state index is 10.4. The van der Waals surface area contributed by atoms with Gasteiger partial charge in [0.25, 0.3) is 5.69 Å². The van der Waals surface area contributed by atoms with Crippen molar-refractivity contribution in [1.29, 1.82) is 0 Å². The van der Waals surface area contributed by atoms with E-state index in [1.54, 1.807) is 13.2 Å². The first-order valence-corrected chi connectivity index (χ1v) is 8.60.